The van der Waals surface area contributed by atoms with Crippen LogP contribution in [0.4, 0.5) is 0 Å². The number of hydrogen-bond donors (Lipinski definition) is 2. The first-order valence-corrected chi connectivity index (χ1v) is 1.84. The molecule has 0 aromatic carbocycles. The van der Waals surface area contributed by atoms with Crippen LogP contribution in [-0.2, 0) is 9.59 Å². The Bertz CT molecular complexity index is 75.3. The van der Waals surface area contributed by atoms with Gasteiger partial charge < -0.3 is 21.2 Å². The fourth-order valence-electron chi connectivity index (χ4n) is 0. The summed E-state index contributed by atoms with van der Waals surface area (Å²) in [6.07, 6.45) is 0. The molecule has 0 saturated carbocycles. The van der Waals surface area contributed by atoms with Gasteiger partial charge in [-0.25, -0.2) is 0 Å². The van der Waals surface area contributed by atoms with Gasteiger partial charge in [0, 0.05) is 12.9 Å². The number of carbonyl (C=O) groups excluding carboxylic acids is 1. The Kier molecular flexibility index (Phi) is 35.9. The summed E-state index contributed by atoms with van der Waals surface area (Å²) in [6.45, 7) is 2.06. The second-order valence-electron chi connectivity index (χ2n) is 1.01. The fourth-order valence-corrected chi connectivity index (χ4v) is 0. The van der Waals surface area contributed by atoms with E-state index in [1.807, 2.05) is 0 Å². The van der Waals surface area contributed by atoms with Crippen molar-refractivity contribution in [3.63, 3.8) is 0 Å². The SMILES string of the molecule is CC(=O)O.CC(=O)[O-].N.[Na+]. The van der Waals surface area contributed by atoms with Gasteiger partial charge in [-0.1, -0.05) is 0 Å². The van der Waals surface area contributed by atoms with Gasteiger partial charge in [0.25, 0.3) is 5.97 Å². The summed E-state index contributed by atoms with van der Waals surface area (Å²) in [5.74, 6) is -1.92. The van der Waals surface area contributed by atoms with Gasteiger partial charge in [0.1, 0.15) is 0 Å². The van der Waals surface area contributed by atoms with E-state index in [1.165, 1.54) is 0 Å². The number of carboxylic acid groups (broad SMARTS) is 2. The molecule has 10 heavy (non-hydrogen) atoms. The van der Waals surface area contributed by atoms with Crippen LogP contribution < -0.4 is 40.8 Å². The molecule has 0 aromatic heterocycles. The number of carbonyl (C=O) groups is 2. The van der Waals surface area contributed by atoms with Crippen LogP contribution >= 0.6 is 0 Å². The summed E-state index contributed by atoms with van der Waals surface area (Å²) in [5, 5.41) is 16.3. The summed E-state index contributed by atoms with van der Waals surface area (Å²) < 4.78 is 0. The van der Waals surface area contributed by atoms with Crippen LogP contribution in [0.1, 0.15) is 13.8 Å². The Balaban J connectivity index is -0.0000000300. The van der Waals surface area contributed by atoms with E-state index in [1.54, 1.807) is 0 Å². The quantitative estimate of drug-likeness (QED) is 0.350. The van der Waals surface area contributed by atoms with Crippen LogP contribution in [0.15, 0.2) is 0 Å². The maximum Gasteiger partial charge on any atom is 1.00 e. The first-order valence-electron chi connectivity index (χ1n) is 1.84. The first-order chi connectivity index (χ1) is 3.46. The number of carboxylic acids is 2. The molecule has 0 bridgehead atoms. The minimum Gasteiger partial charge on any atom is -0.550 e. The van der Waals surface area contributed by atoms with E-state index in [9.17, 15) is 0 Å². The standard InChI is InChI=1S/2C2H4O2.H3N.Na/c2*1-2(3)4;;/h2*1H3,(H,3,4);1H3;/q;;;+1/p-1. The maximum atomic E-state index is 9.00. The molecular weight excluding hydrogens is 149 g/mol. The summed E-state index contributed by atoms with van der Waals surface area (Å²) in [6, 6.07) is 0. The van der Waals surface area contributed by atoms with Crippen LogP contribution in [0.5, 0.6) is 0 Å². The van der Waals surface area contributed by atoms with Gasteiger partial charge in [-0.2, -0.15) is 0 Å². The molecule has 0 aromatic rings. The van der Waals surface area contributed by atoms with Crippen molar-refractivity contribution in [3.8, 4) is 0 Å². The van der Waals surface area contributed by atoms with Gasteiger partial charge in [0.05, 0.1) is 0 Å². The van der Waals surface area contributed by atoms with E-state index in [0.29, 0.717) is 0 Å². The van der Waals surface area contributed by atoms with Gasteiger partial charge in [0.2, 0.25) is 0 Å². The molecule has 0 rings (SSSR count). The van der Waals surface area contributed by atoms with E-state index in [2.05, 4.69) is 0 Å². The van der Waals surface area contributed by atoms with Crippen molar-refractivity contribution in [1.82, 2.24) is 6.15 Å². The number of hydrogen-bond acceptors (Lipinski definition) is 4. The molecule has 6 heteroatoms. The Labute approximate surface area is 81.3 Å². The molecule has 0 saturated heterocycles. The van der Waals surface area contributed by atoms with Crippen molar-refractivity contribution in [3.05, 3.63) is 0 Å². The van der Waals surface area contributed by atoms with Crippen molar-refractivity contribution in [2.24, 2.45) is 0 Å². The molecule has 0 aliphatic carbocycles. The third-order valence-corrected chi connectivity index (χ3v) is 0. The molecular formula is C4H10NNaO4. The van der Waals surface area contributed by atoms with E-state index < -0.39 is 11.9 Å². The number of aliphatic carboxylic acids is 2. The Morgan fingerprint density at radius 2 is 1.30 bits per heavy atom. The zero-order valence-electron chi connectivity index (χ0n) is 6.38. The zero-order valence-corrected chi connectivity index (χ0v) is 8.38. The van der Waals surface area contributed by atoms with Gasteiger partial charge in [-0.15, -0.1) is 0 Å². The smallest absolute Gasteiger partial charge is 0.550 e. The van der Waals surface area contributed by atoms with E-state index in [-0.39, 0.29) is 35.7 Å². The largest absolute Gasteiger partial charge is 1.00 e. The zero-order chi connectivity index (χ0) is 7.15. The molecule has 0 amide bonds. The Morgan fingerprint density at radius 3 is 1.30 bits per heavy atom. The minimum absolute atomic E-state index is 0. The molecule has 0 heterocycles. The number of rotatable bonds is 0. The topological polar surface area (TPSA) is 112 Å². The third kappa shape index (κ3) is 37600. The van der Waals surface area contributed by atoms with Crippen LogP contribution in [0.3, 0.4) is 0 Å². The van der Waals surface area contributed by atoms with Crippen LogP contribution in [0, 0.1) is 0 Å². The van der Waals surface area contributed by atoms with Crippen LogP contribution in [-0.4, -0.2) is 17.0 Å². The van der Waals surface area contributed by atoms with Gasteiger partial charge >= 0.3 is 29.6 Å². The average molecular weight is 159 g/mol. The predicted molar refractivity (Wildman–Crippen MR) is 29.0 cm³/mol. The molecule has 0 atom stereocenters. The monoisotopic (exact) mass is 159 g/mol. The third-order valence-electron chi connectivity index (χ3n) is 0. The minimum atomic E-state index is -1.08. The summed E-state index contributed by atoms with van der Waals surface area (Å²) >= 11 is 0. The average Bonchev–Trinajstić information content (AvgIpc) is 1.25. The molecule has 5 nitrogen and oxygen atoms in total. The Hall–Kier alpha value is -0.100. The molecule has 0 aliphatic heterocycles. The summed E-state index contributed by atoms with van der Waals surface area (Å²) in [7, 11) is 0. The molecule has 4 N–H and O–H groups in total. The van der Waals surface area contributed by atoms with Crippen molar-refractivity contribution in [1.29, 1.82) is 0 Å². The second-order valence-corrected chi connectivity index (χ2v) is 1.01. The molecule has 0 spiro atoms. The molecule has 0 unspecified atom stereocenters. The fraction of sp³-hybridized carbons (Fsp3) is 0.500. The van der Waals surface area contributed by atoms with E-state index in [4.69, 9.17) is 19.8 Å². The molecule has 0 aliphatic rings. The summed E-state index contributed by atoms with van der Waals surface area (Å²) in [5.41, 5.74) is 0. The van der Waals surface area contributed by atoms with Crippen molar-refractivity contribution >= 4 is 11.9 Å². The maximum absolute atomic E-state index is 9.00. The van der Waals surface area contributed by atoms with Crippen molar-refractivity contribution in [2.75, 3.05) is 0 Å². The van der Waals surface area contributed by atoms with Crippen molar-refractivity contribution in [2.45, 2.75) is 13.8 Å². The van der Waals surface area contributed by atoms with Crippen LogP contribution in [0.2, 0.25) is 0 Å². The second kappa shape index (κ2) is 16.0. The normalized spacial score (nSPS) is 5.00. The van der Waals surface area contributed by atoms with Gasteiger partial charge in [-0.3, -0.25) is 4.79 Å². The van der Waals surface area contributed by atoms with E-state index >= 15 is 0 Å². The van der Waals surface area contributed by atoms with E-state index in [0.717, 1.165) is 13.8 Å². The predicted octanol–water partition coefficient (Wildman–Crippen LogP) is -3.99. The Morgan fingerprint density at radius 1 is 1.30 bits per heavy atom. The van der Waals surface area contributed by atoms with Crippen molar-refractivity contribution < 1.29 is 49.4 Å². The summed E-state index contributed by atoms with van der Waals surface area (Å²) in [4.78, 5) is 17.9. The molecule has 0 fully saturated rings. The van der Waals surface area contributed by atoms with Crippen LogP contribution in [0.25, 0.3) is 0 Å². The first kappa shape index (κ1) is 22.5. The van der Waals surface area contributed by atoms with Gasteiger partial charge in [-0.05, 0) is 6.92 Å². The molecule has 56 valence electrons. The van der Waals surface area contributed by atoms with Gasteiger partial charge in [0.15, 0.2) is 0 Å². The molecule has 0 radical (unpaired) electrons.